The smallest absolute Gasteiger partial charge is 0.338 e. The third kappa shape index (κ3) is 4.77. The number of carbonyl (C=O) groups is 1. The van der Waals surface area contributed by atoms with Crippen LogP contribution in [0.25, 0.3) is 6.08 Å². The highest BCUT2D eigenvalue weighted by Gasteiger charge is 2.34. The molecule has 2 aromatic carbocycles. The maximum atomic E-state index is 13.6. The van der Waals surface area contributed by atoms with E-state index < -0.39 is 12.0 Å². The fraction of sp³-hybridized carbons (Fsp3) is 0.115. The van der Waals surface area contributed by atoms with Crippen molar-refractivity contribution in [3.05, 3.63) is 123 Å². The minimum absolute atomic E-state index is 0.134. The molecule has 1 atom stereocenters. The fourth-order valence-electron chi connectivity index (χ4n) is 3.85. The Labute approximate surface area is 218 Å². The van der Waals surface area contributed by atoms with Crippen LogP contribution in [-0.4, -0.2) is 10.5 Å². The minimum Gasteiger partial charge on any atom is -0.457 e. The highest BCUT2D eigenvalue weighted by Crippen LogP contribution is 2.33. The lowest BCUT2D eigenvalue weighted by Crippen LogP contribution is -2.39. The summed E-state index contributed by atoms with van der Waals surface area (Å²) in [4.78, 5) is 32.9. The van der Waals surface area contributed by atoms with Crippen molar-refractivity contribution in [2.75, 3.05) is 0 Å². The number of benzene rings is 2. The van der Waals surface area contributed by atoms with Crippen molar-refractivity contribution in [3.8, 4) is 0 Å². The summed E-state index contributed by atoms with van der Waals surface area (Å²) in [5.74, 6) is -0.493. The van der Waals surface area contributed by atoms with Crippen LogP contribution in [0.1, 0.15) is 29.0 Å². The van der Waals surface area contributed by atoms with E-state index >= 15 is 0 Å². The Morgan fingerprint density at radius 2 is 1.91 bits per heavy atom. The van der Waals surface area contributed by atoms with Gasteiger partial charge >= 0.3 is 5.97 Å². The normalized spacial score (nSPS) is 15.6. The molecule has 5 rings (SSSR count). The van der Waals surface area contributed by atoms with E-state index in [1.165, 1.54) is 22.7 Å². The molecule has 176 valence electrons. The van der Waals surface area contributed by atoms with Crippen molar-refractivity contribution in [2.24, 2.45) is 4.99 Å². The first kappa shape index (κ1) is 23.8. The van der Waals surface area contributed by atoms with E-state index in [0.29, 0.717) is 30.6 Å². The Bertz CT molecular complexity index is 1620. The summed E-state index contributed by atoms with van der Waals surface area (Å²) >= 11 is 14.9. The highest BCUT2D eigenvalue weighted by atomic mass is 35.5. The van der Waals surface area contributed by atoms with Crippen LogP contribution in [0.15, 0.2) is 87.1 Å². The van der Waals surface area contributed by atoms with Gasteiger partial charge in [-0.3, -0.25) is 9.36 Å². The monoisotopic (exact) mass is 540 g/mol. The van der Waals surface area contributed by atoms with Gasteiger partial charge in [0.25, 0.3) is 5.56 Å². The Morgan fingerprint density at radius 1 is 1.11 bits per heavy atom. The number of aromatic nitrogens is 1. The van der Waals surface area contributed by atoms with E-state index in [9.17, 15) is 9.59 Å². The van der Waals surface area contributed by atoms with E-state index in [4.69, 9.17) is 27.9 Å². The number of hydrogen-bond acceptors (Lipinski definition) is 6. The van der Waals surface area contributed by atoms with E-state index in [1.807, 2.05) is 47.8 Å². The lowest BCUT2D eigenvalue weighted by Gasteiger charge is -2.23. The van der Waals surface area contributed by atoms with Crippen molar-refractivity contribution < 1.29 is 9.53 Å². The van der Waals surface area contributed by atoms with Crippen LogP contribution < -0.4 is 14.9 Å². The number of allylic oxidation sites excluding steroid dienone is 1. The molecule has 0 aliphatic carbocycles. The second-order valence-corrected chi connectivity index (χ2v) is 10.6. The zero-order valence-corrected chi connectivity index (χ0v) is 21.5. The number of nitrogens with zero attached hydrogens (tertiary/aromatic N) is 2. The van der Waals surface area contributed by atoms with Crippen LogP contribution in [0.5, 0.6) is 0 Å². The van der Waals surface area contributed by atoms with E-state index in [1.54, 1.807) is 35.8 Å². The number of thiazole rings is 1. The van der Waals surface area contributed by atoms with Gasteiger partial charge in [-0.05, 0) is 47.7 Å². The molecule has 35 heavy (non-hydrogen) atoms. The van der Waals surface area contributed by atoms with Gasteiger partial charge in [0.1, 0.15) is 12.6 Å². The molecule has 0 spiro atoms. The average Bonchev–Trinajstić information content (AvgIpc) is 3.48. The van der Waals surface area contributed by atoms with Crippen LogP contribution in [0.2, 0.25) is 10.0 Å². The summed E-state index contributed by atoms with van der Waals surface area (Å²) in [7, 11) is 0. The Morgan fingerprint density at radius 3 is 2.63 bits per heavy atom. The summed E-state index contributed by atoms with van der Waals surface area (Å²) in [6.45, 7) is 1.91. The van der Waals surface area contributed by atoms with Gasteiger partial charge in [-0.2, -0.15) is 0 Å². The number of halogens is 2. The predicted octanol–water partition coefficient (Wildman–Crippen LogP) is 5.35. The molecule has 0 saturated heterocycles. The molecule has 4 aromatic rings. The molecule has 0 fully saturated rings. The van der Waals surface area contributed by atoms with Crippen LogP contribution in [0, 0.1) is 0 Å². The van der Waals surface area contributed by atoms with Gasteiger partial charge in [-0.25, -0.2) is 9.79 Å². The molecule has 0 amide bonds. The zero-order chi connectivity index (χ0) is 24.5. The molecule has 0 unspecified atom stereocenters. The van der Waals surface area contributed by atoms with Gasteiger partial charge in [0.2, 0.25) is 0 Å². The summed E-state index contributed by atoms with van der Waals surface area (Å²) < 4.78 is 7.71. The number of hydrogen-bond donors (Lipinski definition) is 0. The number of fused-ring (bicyclic) bond motifs is 1. The number of ether oxygens (including phenoxy) is 1. The number of carbonyl (C=O) groups excluding carboxylic acids is 1. The largest absolute Gasteiger partial charge is 0.457 e. The second-order valence-electron chi connectivity index (χ2n) is 7.83. The van der Waals surface area contributed by atoms with Crippen molar-refractivity contribution in [1.29, 1.82) is 0 Å². The van der Waals surface area contributed by atoms with Crippen LogP contribution in [0.4, 0.5) is 0 Å². The molecular weight excluding hydrogens is 523 g/mol. The standard InChI is InChI=1S/C26H18Cl2N2O3S2/c1-15-22(25(32)33-14-16-6-3-2-4-7-16)23(20-8-5-11-34-20)30-24(31)21(35-26(30)29-15)13-17-9-10-18(27)19(28)12-17/h2-13,23H,14H2,1H3/b21-13+/t23-/m0/s1. The Balaban J connectivity index is 1.58. The van der Waals surface area contributed by atoms with Gasteiger partial charge in [-0.1, -0.05) is 77.0 Å². The first-order valence-corrected chi connectivity index (χ1v) is 13.1. The molecule has 0 bridgehead atoms. The maximum absolute atomic E-state index is 13.6. The van der Waals surface area contributed by atoms with E-state index in [-0.39, 0.29) is 12.2 Å². The van der Waals surface area contributed by atoms with Crippen molar-refractivity contribution in [2.45, 2.75) is 19.6 Å². The summed E-state index contributed by atoms with van der Waals surface area (Å²) in [6.07, 6.45) is 1.75. The lowest BCUT2D eigenvalue weighted by molar-refractivity contribution is -0.140. The lowest BCUT2D eigenvalue weighted by atomic mass is 10.0. The Kier molecular flexibility index (Phi) is 6.75. The zero-order valence-electron chi connectivity index (χ0n) is 18.4. The molecule has 0 saturated carbocycles. The molecule has 0 N–H and O–H groups in total. The SMILES string of the molecule is CC1=C(C(=O)OCc2ccccc2)[C@H](c2cccs2)n2c(s/c(=C/c3ccc(Cl)c(Cl)c3)c2=O)=N1. The fourth-order valence-corrected chi connectivity index (χ4v) is 6.03. The first-order chi connectivity index (χ1) is 16.9. The second kappa shape index (κ2) is 9.95. The summed E-state index contributed by atoms with van der Waals surface area (Å²) in [5, 5.41) is 2.77. The van der Waals surface area contributed by atoms with Gasteiger partial charge in [0, 0.05) is 4.88 Å². The average molecular weight is 541 g/mol. The van der Waals surface area contributed by atoms with Gasteiger partial charge in [0.05, 0.1) is 25.8 Å². The van der Waals surface area contributed by atoms with Gasteiger partial charge in [-0.15, -0.1) is 11.3 Å². The van der Waals surface area contributed by atoms with Crippen molar-refractivity contribution >= 4 is 57.9 Å². The highest BCUT2D eigenvalue weighted by molar-refractivity contribution is 7.10. The predicted molar refractivity (Wildman–Crippen MR) is 141 cm³/mol. The quantitative estimate of drug-likeness (QED) is 0.320. The molecule has 9 heteroatoms. The van der Waals surface area contributed by atoms with Crippen molar-refractivity contribution in [1.82, 2.24) is 4.57 Å². The maximum Gasteiger partial charge on any atom is 0.338 e. The summed E-state index contributed by atoms with van der Waals surface area (Å²) in [6, 6.07) is 17.8. The van der Waals surface area contributed by atoms with E-state index in [0.717, 1.165) is 16.0 Å². The summed E-state index contributed by atoms with van der Waals surface area (Å²) in [5.41, 5.74) is 2.28. The third-order valence-corrected chi connectivity index (χ3v) is 8.16. The molecule has 3 heterocycles. The molecule has 2 aromatic heterocycles. The molecule has 0 radical (unpaired) electrons. The topological polar surface area (TPSA) is 60.7 Å². The number of thiophene rings is 1. The number of esters is 1. The van der Waals surface area contributed by atoms with E-state index in [2.05, 4.69) is 4.99 Å². The number of rotatable bonds is 5. The van der Waals surface area contributed by atoms with Crippen LogP contribution >= 0.6 is 45.9 Å². The van der Waals surface area contributed by atoms with Crippen molar-refractivity contribution in [3.63, 3.8) is 0 Å². The van der Waals surface area contributed by atoms with Crippen LogP contribution in [0.3, 0.4) is 0 Å². The first-order valence-electron chi connectivity index (χ1n) is 10.6. The van der Waals surface area contributed by atoms with Gasteiger partial charge < -0.3 is 4.74 Å². The molecule has 1 aliphatic heterocycles. The molecule has 1 aliphatic rings. The molecular formula is C26H18Cl2N2O3S2. The van der Waals surface area contributed by atoms with Crippen LogP contribution in [-0.2, 0) is 16.1 Å². The van der Waals surface area contributed by atoms with Gasteiger partial charge in [0.15, 0.2) is 4.80 Å². The Hall–Kier alpha value is -2.97. The third-order valence-electron chi connectivity index (χ3n) is 5.51. The minimum atomic E-state index is -0.620. The molecule has 5 nitrogen and oxygen atoms in total.